The second kappa shape index (κ2) is 2.96. The third-order valence-electron chi connectivity index (χ3n) is 1.17. The Morgan fingerprint density at radius 3 is 2.50 bits per heavy atom. The van der Waals surface area contributed by atoms with Gasteiger partial charge in [-0.3, -0.25) is 0 Å². The van der Waals surface area contributed by atoms with Crippen LogP contribution in [0.5, 0.6) is 5.75 Å². The summed E-state index contributed by atoms with van der Waals surface area (Å²) in [6.07, 6.45) is -2.70. The first kappa shape index (κ1) is 8.76. The number of rotatable bonds is 1. The first-order valence-corrected chi connectivity index (χ1v) is 2.97. The molecule has 0 fully saturated rings. The molecule has 12 heavy (non-hydrogen) atoms. The Morgan fingerprint density at radius 1 is 1.42 bits per heavy atom. The van der Waals surface area contributed by atoms with Crippen LogP contribution in [0.3, 0.4) is 0 Å². The van der Waals surface area contributed by atoms with Crippen molar-refractivity contribution in [2.75, 3.05) is 7.11 Å². The summed E-state index contributed by atoms with van der Waals surface area (Å²) in [5, 5.41) is 0. The molecule has 0 radical (unpaired) electrons. The van der Waals surface area contributed by atoms with Crippen molar-refractivity contribution in [3.05, 3.63) is 18.2 Å². The van der Waals surface area contributed by atoms with Crippen molar-refractivity contribution in [1.29, 1.82) is 0 Å². The predicted octanol–water partition coefficient (Wildman–Crippen LogP) is 1.50. The summed E-state index contributed by atoms with van der Waals surface area (Å²) in [4.78, 5) is 6.45. The molecule has 1 aromatic rings. The van der Waals surface area contributed by atoms with E-state index in [4.69, 9.17) is 0 Å². The Kier molecular flexibility index (Phi) is 2.16. The van der Waals surface area contributed by atoms with Crippen LogP contribution in [-0.2, 0) is 6.18 Å². The van der Waals surface area contributed by atoms with Crippen molar-refractivity contribution < 1.29 is 17.9 Å². The fourth-order valence-electron chi connectivity index (χ4n) is 0.679. The van der Waals surface area contributed by atoms with E-state index in [0.717, 1.165) is 19.6 Å². The zero-order valence-electron chi connectivity index (χ0n) is 6.09. The van der Waals surface area contributed by atoms with Crippen molar-refractivity contribution in [2.24, 2.45) is 0 Å². The number of methoxy groups -OCH3 is 1. The highest BCUT2D eigenvalue weighted by molar-refractivity contribution is 5.25. The van der Waals surface area contributed by atoms with Crippen molar-refractivity contribution >= 4 is 0 Å². The van der Waals surface area contributed by atoms with Crippen LogP contribution in [0.4, 0.5) is 13.2 Å². The first-order valence-electron chi connectivity index (χ1n) is 2.97. The summed E-state index contributed by atoms with van der Waals surface area (Å²) < 4.78 is 40.6. The monoisotopic (exact) mass is 178 g/mol. The molecule has 66 valence electrons. The van der Waals surface area contributed by atoms with Gasteiger partial charge in [0, 0.05) is 0 Å². The van der Waals surface area contributed by atoms with Crippen molar-refractivity contribution in [3.8, 4) is 5.75 Å². The number of hydrogen-bond donors (Lipinski definition) is 0. The molecule has 0 spiro atoms. The van der Waals surface area contributed by atoms with Gasteiger partial charge in [-0.25, -0.2) is 9.97 Å². The minimum atomic E-state index is -4.49. The number of halogens is 3. The normalized spacial score (nSPS) is 11.3. The van der Waals surface area contributed by atoms with E-state index in [1.54, 1.807) is 0 Å². The summed E-state index contributed by atoms with van der Waals surface area (Å²) in [5.74, 6) is -0.370. The Labute approximate surface area is 66.2 Å². The predicted molar refractivity (Wildman–Crippen MR) is 33.6 cm³/mol. The molecule has 6 heteroatoms. The van der Waals surface area contributed by atoms with Crippen LogP contribution < -0.4 is 4.74 Å². The molecule has 1 rings (SSSR count). The fraction of sp³-hybridized carbons (Fsp3) is 0.333. The van der Waals surface area contributed by atoms with Gasteiger partial charge in [0.2, 0.25) is 0 Å². The molecular formula is C6H5F3N2O. The van der Waals surface area contributed by atoms with Crippen molar-refractivity contribution in [2.45, 2.75) is 6.18 Å². The van der Waals surface area contributed by atoms with Crippen LogP contribution in [0, 0.1) is 0 Å². The van der Waals surface area contributed by atoms with Gasteiger partial charge in [-0.05, 0) is 0 Å². The second-order valence-corrected chi connectivity index (χ2v) is 1.94. The van der Waals surface area contributed by atoms with Gasteiger partial charge < -0.3 is 4.74 Å². The number of nitrogens with zero attached hydrogens (tertiary/aromatic N) is 2. The maximum absolute atomic E-state index is 12.1. The van der Waals surface area contributed by atoms with Crippen molar-refractivity contribution in [3.63, 3.8) is 0 Å². The summed E-state index contributed by atoms with van der Waals surface area (Å²) in [5.41, 5.74) is -1.06. The minimum Gasteiger partial charge on any atom is -0.493 e. The van der Waals surface area contributed by atoms with E-state index >= 15 is 0 Å². The molecule has 0 unspecified atom stereocenters. The van der Waals surface area contributed by atoms with E-state index in [0.29, 0.717) is 0 Å². The van der Waals surface area contributed by atoms with Gasteiger partial charge in [-0.1, -0.05) is 0 Å². The molecule has 0 atom stereocenters. The van der Waals surface area contributed by atoms with Gasteiger partial charge in [0.05, 0.1) is 13.3 Å². The SMILES string of the molecule is COc1cncnc1C(F)(F)F. The zero-order chi connectivity index (χ0) is 9.19. The van der Waals surface area contributed by atoms with Crippen LogP contribution in [0.2, 0.25) is 0 Å². The highest BCUT2D eigenvalue weighted by atomic mass is 19.4. The van der Waals surface area contributed by atoms with Crippen LogP contribution >= 0.6 is 0 Å². The molecule has 0 saturated carbocycles. The van der Waals surface area contributed by atoms with Crippen LogP contribution in [0.15, 0.2) is 12.5 Å². The third kappa shape index (κ3) is 1.63. The lowest BCUT2D eigenvalue weighted by Gasteiger charge is -2.08. The molecule has 0 aliphatic heterocycles. The van der Waals surface area contributed by atoms with Gasteiger partial charge in [-0.15, -0.1) is 0 Å². The van der Waals surface area contributed by atoms with E-state index in [1.165, 1.54) is 0 Å². The summed E-state index contributed by atoms with van der Waals surface area (Å²) >= 11 is 0. The topological polar surface area (TPSA) is 35.0 Å². The average molecular weight is 178 g/mol. The van der Waals surface area contributed by atoms with Gasteiger partial charge >= 0.3 is 6.18 Å². The molecule has 0 aliphatic rings. The van der Waals surface area contributed by atoms with E-state index in [9.17, 15) is 13.2 Å². The number of hydrogen-bond acceptors (Lipinski definition) is 3. The summed E-state index contributed by atoms with van der Waals surface area (Å²) in [6.45, 7) is 0. The molecule has 1 heterocycles. The molecule has 0 aliphatic carbocycles. The van der Waals surface area contributed by atoms with Gasteiger partial charge in [0.15, 0.2) is 11.4 Å². The average Bonchev–Trinajstić information content (AvgIpc) is 2.03. The highest BCUT2D eigenvalue weighted by Crippen LogP contribution is 2.33. The smallest absolute Gasteiger partial charge is 0.437 e. The molecule has 0 saturated heterocycles. The number of alkyl halides is 3. The minimum absolute atomic E-state index is 0.370. The summed E-state index contributed by atoms with van der Waals surface area (Å²) in [7, 11) is 1.13. The van der Waals surface area contributed by atoms with Crippen LogP contribution in [0.1, 0.15) is 5.69 Å². The third-order valence-corrected chi connectivity index (χ3v) is 1.17. The Hall–Kier alpha value is -1.33. The molecular weight excluding hydrogens is 173 g/mol. The van der Waals surface area contributed by atoms with E-state index in [2.05, 4.69) is 14.7 Å². The first-order chi connectivity index (χ1) is 5.55. The van der Waals surface area contributed by atoms with E-state index in [1.807, 2.05) is 0 Å². The van der Waals surface area contributed by atoms with Gasteiger partial charge in [0.1, 0.15) is 6.33 Å². The van der Waals surface area contributed by atoms with Crippen molar-refractivity contribution in [1.82, 2.24) is 9.97 Å². The largest absolute Gasteiger partial charge is 0.493 e. The Bertz CT molecular complexity index is 274. The molecule has 3 nitrogen and oxygen atoms in total. The quantitative estimate of drug-likeness (QED) is 0.653. The number of ether oxygens (including phenoxy) is 1. The molecule has 1 aromatic heterocycles. The lowest BCUT2D eigenvalue weighted by Crippen LogP contribution is -2.10. The molecule has 0 aromatic carbocycles. The van der Waals surface area contributed by atoms with Crippen LogP contribution in [-0.4, -0.2) is 17.1 Å². The van der Waals surface area contributed by atoms with Gasteiger partial charge in [0.25, 0.3) is 0 Å². The lowest BCUT2D eigenvalue weighted by atomic mass is 10.4. The standard InChI is InChI=1S/C6H5F3N2O/c1-12-4-2-10-3-11-5(4)6(7,8)9/h2-3H,1H3. The lowest BCUT2D eigenvalue weighted by molar-refractivity contribution is -0.142. The second-order valence-electron chi connectivity index (χ2n) is 1.94. The Balaban J connectivity index is 3.14. The van der Waals surface area contributed by atoms with E-state index < -0.39 is 11.9 Å². The molecule has 0 N–H and O–H groups in total. The zero-order valence-corrected chi connectivity index (χ0v) is 6.09. The highest BCUT2D eigenvalue weighted by Gasteiger charge is 2.36. The van der Waals surface area contributed by atoms with Crippen LogP contribution in [0.25, 0.3) is 0 Å². The molecule has 0 bridgehead atoms. The fourth-order valence-corrected chi connectivity index (χ4v) is 0.679. The number of aromatic nitrogens is 2. The van der Waals surface area contributed by atoms with Gasteiger partial charge in [-0.2, -0.15) is 13.2 Å². The molecule has 0 amide bonds. The Morgan fingerprint density at radius 2 is 2.08 bits per heavy atom. The van der Waals surface area contributed by atoms with E-state index in [-0.39, 0.29) is 5.75 Å². The summed E-state index contributed by atoms with van der Waals surface area (Å²) in [6, 6.07) is 0. The maximum atomic E-state index is 12.1. The maximum Gasteiger partial charge on any atom is 0.437 e.